The molecule has 5 heteroatoms. The van der Waals surface area contributed by atoms with Gasteiger partial charge in [-0.25, -0.2) is 0 Å². The number of anilines is 2. The lowest BCUT2D eigenvalue weighted by molar-refractivity contribution is 0.300. The molecule has 0 bridgehead atoms. The minimum Gasteiger partial charge on any atom is -0.399 e. The van der Waals surface area contributed by atoms with Crippen LogP contribution in [-0.4, -0.2) is 11.7 Å². The Morgan fingerprint density at radius 1 is 1.15 bits per heavy atom. The highest BCUT2D eigenvalue weighted by Gasteiger charge is 1.97. The molecule has 0 heterocycles. The van der Waals surface area contributed by atoms with E-state index >= 15 is 0 Å². The monoisotopic (exact) mass is 312 g/mol. The molecule has 0 aromatic heterocycles. The third kappa shape index (κ3) is 4.50. The molecule has 0 fully saturated rings. The zero-order valence-corrected chi connectivity index (χ0v) is 10.5. The maximum Gasteiger partial charge on any atom is 0.0472 e. The molecule has 13 heavy (non-hydrogen) atoms. The Morgan fingerprint density at radius 2 is 1.77 bits per heavy atom. The van der Waals surface area contributed by atoms with E-state index in [4.69, 9.17) is 16.6 Å². The molecule has 0 amide bonds. The average Bonchev–Trinajstić information content (AvgIpc) is 1.98. The number of rotatable bonds is 2. The largest absolute Gasteiger partial charge is 0.399 e. The normalized spacial score (nSPS) is 8.38. The fourth-order valence-corrected chi connectivity index (χ4v) is 0.963. The number of aliphatic hydroxyl groups excluding tert-OH is 1. The predicted molar refractivity (Wildman–Crippen MR) is 66.7 cm³/mol. The maximum atomic E-state index is 8.64. The van der Waals surface area contributed by atoms with E-state index in [9.17, 15) is 0 Å². The summed E-state index contributed by atoms with van der Waals surface area (Å²) >= 11 is 0. The highest BCUT2D eigenvalue weighted by molar-refractivity contribution is 8.93. The van der Waals surface area contributed by atoms with Gasteiger partial charge in [0, 0.05) is 18.0 Å². The van der Waals surface area contributed by atoms with E-state index in [2.05, 4.69) is 0 Å². The first kappa shape index (κ1) is 15.2. The van der Waals surface area contributed by atoms with Gasteiger partial charge in [-0.15, -0.1) is 34.0 Å². The second-order valence-corrected chi connectivity index (χ2v) is 2.43. The number of hydrogen-bond donors (Lipinski definition) is 3. The standard InChI is InChI=1S/C8H12N2O.2BrH/c9-7-1-2-8(10)6(5-7)3-4-11;;/h1-2,5,11H,3-4,9-10H2;2*1H. The van der Waals surface area contributed by atoms with Crippen molar-refractivity contribution in [1.82, 2.24) is 0 Å². The smallest absolute Gasteiger partial charge is 0.0472 e. The molecule has 0 aliphatic rings. The molecule has 0 atom stereocenters. The SMILES string of the molecule is Br.Br.Nc1ccc(N)c(CCO)c1. The van der Waals surface area contributed by atoms with Gasteiger partial charge in [-0.1, -0.05) is 0 Å². The molecule has 1 rings (SSSR count). The highest BCUT2D eigenvalue weighted by Crippen LogP contribution is 2.15. The van der Waals surface area contributed by atoms with E-state index in [1.165, 1.54) is 0 Å². The Balaban J connectivity index is 0. The molecule has 0 aliphatic carbocycles. The van der Waals surface area contributed by atoms with Crippen molar-refractivity contribution in [2.75, 3.05) is 18.1 Å². The topological polar surface area (TPSA) is 72.3 Å². The first-order chi connectivity index (χ1) is 5.24. The highest BCUT2D eigenvalue weighted by atomic mass is 79.9. The third-order valence-electron chi connectivity index (χ3n) is 1.55. The van der Waals surface area contributed by atoms with Crippen molar-refractivity contribution in [3.63, 3.8) is 0 Å². The number of nitrogens with two attached hydrogens (primary N) is 2. The zero-order chi connectivity index (χ0) is 8.27. The third-order valence-corrected chi connectivity index (χ3v) is 1.55. The van der Waals surface area contributed by atoms with Crippen LogP contribution in [-0.2, 0) is 6.42 Å². The Labute approximate surface area is 98.7 Å². The Kier molecular flexibility index (Phi) is 8.40. The summed E-state index contributed by atoms with van der Waals surface area (Å²) in [5.74, 6) is 0. The molecule has 0 radical (unpaired) electrons. The quantitative estimate of drug-likeness (QED) is 0.725. The lowest BCUT2D eigenvalue weighted by Crippen LogP contribution is -1.98. The average molecular weight is 314 g/mol. The van der Waals surface area contributed by atoms with Gasteiger partial charge < -0.3 is 16.6 Å². The fourth-order valence-electron chi connectivity index (χ4n) is 0.963. The lowest BCUT2D eigenvalue weighted by atomic mass is 10.1. The van der Waals surface area contributed by atoms with Gasteiger partial charge in [0.2, 0.25) is 0 Å². The van der Waals surface area contributed by atoms with Crippen LogP contribution in [0.25, 0.3) is 0 Å². The van der Waals surface area contributed by atoms with Crippen LogP contribution in [0.4, 0.5) is 11.4 Å². The van der Waals surface area contributed by atoms with Crippen molar-refractivity contribution in [2.45, 2.75) is 6.42 Å². The maximum absolute atomic E-state index is 8.64. The summed E-state index contributed by atoms with van der Waals surface area (Å²) in [7, 11) is 0. The van der Waals surface area contributed by atoms with Crippen LogP contribution in [0.3, 0.4) is 0 Å². The van der Waals surface area contributed by atoms with Crippen LogP contribution in [0, 0.1) is 0 Å². The summed E-state index contributed by atoms with van der Waals surface area (Å²) in [6.45, 7) is 0.105. The molecule has 76 valence electrons. The van der Waals surface area contributed by atoms with E-state index in [0.29, 0.717) is 17.8 Å². The Bertz CT molecular complexity index is 256. The van der Waals surface area contributed by atoms with Crippen LogP contribution in [0.2, 0.25) is 0 Å². The minimum atomic E-state index is 0. The van der Waals surface area contributed by atoms with Gasteiger partial charge in [0.25, 0.3) is 0 Å². The summed E-state index contributed by atoms with van der Waals surface area (Å²) < 4.78 is 0. The van der Waals surface area contributed by atoms with Crippen molar-refractivity contribution >= 4 is 45.3 Å². The lowest BCUT2D eigenvalue weighted by Gasteiger charge is -2.03. The number of hydrogen-bond acceptors (Lipinski definition) is 3. The number of benzene rings is 1. The summed E-state index contributed by atoms with van der Waals surface area (Å²) in [6, 6.07) is 5.28. The number of halogens is 2. The number of nitrogen functional groups attached to an aromatic ring is 2. The van der Waals surface area contributed by atoms with Crippen molar-refractivity contribution < 1.29 is 5.11 Å². The van der Waals surface area contributed by atoms with Crippen molar-refractivity contribution in [1.29, 1.82) is 0 Å². The first-order valence-corrected chi connectivity index (χ1v) is 3.49. The van der Waals surface area contributed by atoms with Crippen LogP contribution in [0.5, 0.6) is 0 Å². The molecule has 1 aromatic carbocycles. The van der Waals surface area contributed by atoms with Gasteiger partial charge in [0.15, 0.2) is 0 Å². The molecule has 0 unspecified atom stereocenters. The molecule has 0 saturated carbocycles. The first-order valence-electron chi connectivity index (χ1n) is 3.49. The molecule has 3 nitrogen and oxygen atoms in total. The van der Waals surface area contributed by atoms with Gasteiger partial charge in [0.05, 0.1) is 0 Å². The van der Waals surface area contributed by atoms with E-state index in [1.807, 2.05) is 0 Å². The van der Waals surface area contributed by atoms with Crippen molar-refractivity contribution in [3.8, 4) is 0 Å². The van der Waals surface area contributed by atoms with Crippen LogP contribution in [0.15, 0.2) is 18.2 Å². The minimum absolute atomic E-state index is 0. The predicted octanol–water partition coefficient (Wildman–Crippen LogP) is 1.54. The molecule has 5 N–H and O–H groups in total. The van der Waals surface area contributed by atoms with E-state index in [1.54, 1.807) is 18.2 Å². The molecule has 0 aliphatic heterocycles. The fraction of sp³-hybridized carbons (Fsp3) is 0.250. The number of aliphatic hydroxyl groups is 1. The van der Waals surface area contributed by atoms with Gasteiger partial charge in [-0.2, -0.15) is 0 Å². The van der Waals surface area contributed by atoms with Gasteiger partial charge >= 0.3 is 0 Å². The summed E-state index contributed by atoms with van der Waals surface area (Å²) in [6.07, 6.45) is 0.566. The summed E-state index contributed by atoms with van der Waals surface area (Å²) in [4.78, 5) is 0. The molecule has 0 saturated heterocycles. The van der Waals surface area contributed by atoms with E-state index < -0.39 is 0 Å². The van der Waals surface area contributed by atoms with Crippen LogP contribution in [0.1, 0.15) is 5.56 Å². The van der Waals surface area contributed by atoms with Gasteiger partial charge in [0.1, 0.15) is 0 Å². The van der Waals surface area contributed by atoms with Crippen LogP contribution < -0.4 is 11.5 Å². The molecular weight excluding hydrogens is 300 g/mol. The Hall–Kier alpha value is -0.260. The van der Waals surface area contributed by atoms with Gasteiger partial charge in [-0.05, 0) is 30.2 Å². The van der Waals surface area contributed by atoms with Crippen molar-refractivity contribution in [2.24, 2.45) is 0 Å². The second-order valence-electron chi connectivity index (χ2n) is 2.43. The van der Waals surface area contributed by atoms with Crippen molar-refractivity contribution in [3.05, 3.63) is 23.8 Å². The molecule has 0 spiro atoms. The van der Waals surface area contributed by atoms with Gasteiger partial charge in [-0.3, -0.25) is 0 Å². The summed E-state index contributed by atoms with van der Waals surface area (Å²) in [5, 5.41) is 8.64. The zero-order valence-electron chi connectivity index (χ0n) is 7.06. The molecular formula is C8H14Br2N2O. The summed E-state index contributed by atoms with van der Waals surface area (Å²) in [5.41, 5.74) is 13.4. The Morgan fingerprint density at radius 3 is 2.31 bits per heavy atom. The van der Waals surface area contributed by atoms with E-state index in [-0.39, 0.29) is 40.6 Å². The van der Waals surface area contributed by atoms with E-state index in [0.717, 1.165) is 5.56 Å². The second kappa shape index (κ2) is 7.17. The van der Waals surface area contributed by atoms with Crippen LogP contribution >= 0.6 is 34.0 Å². The molecule has 1 aromatic rings.